The molecule has 4 aromatic rings. The van der Waals surface area contributed by atoms with Crippen molar-refractivity contribution in [2.75, 3.05) is 38.2 Å². The highest BCUT2D eigenvalue weighted by atomic mass is 16.5. The standard InChI is InChI=1S/C26H26N4O3/c31-25(23-7-4-11-27-26(23)33-22-5-2-1-3-6-22)28-21-8-9-24-20(19-21)10-12-30(24)14-13-29-15-17-32-18-16-29/h1-12,19H,13-18H2,(H,28,31). The van der Waals surface area contributed by atoms with E-state index in [1.54, 1.807) is 18.3 Å². The van der Waals surface area contributed by atoms with Crippen LogP contribution in [0.15, 0.2) is 79.1 Å². The number of hydrogen-bond acceptors (Lipinski definition) is 5. The highest BCUT2D eigenvalue weighted by Gasteiger charge is 2.15. The van der Waals surface area contributed by atoms with E-state index in [2.05, 4.69) is 38.1 Å². The monoisotopic (exact) mass is 442 g/mol. The molecule has 2 aromatic heterocycles. The predicted molar refractivity (Wildman–Crippen MR) is 128 cm³/mol. The Labute approximate surface area is 192 Å². The van der Waals surface area contributed by atoms with Crippen LogP contribution in [0.1, 0.15) is 10.4 Å². The highest BCUT2D eigenvalue weighted by molar-refractivity contribution is 6.06. The van der Waals surface area contributed by atoms with Crippen molar-refractivity contribution in [1.82, 2.24) is 14.5 Å². The van der Waals surface area contributed by atoms with Gasteiger partial charge < -0.3 is 19.4 Å². The molecular formula is C26H26N4O3. The molecule has 2 aromatic carbocycles. The molecule has 0 radical (unpaired) electrons. The molecule has 0 bridgehead atoms. The van der Waals surface area contributed by atoms with Crippen LogP contribution in [0.2, 0.25) is 0 Å². The molecule has 1 amide bonds. The Morgan fingerprint density at radius 2 is 1.85 bits per heavy atom. The molecule has 7 heteroatoms. The van der Waals surface area contributed by atoms with Crippen LogP contribution in [0.3, 0.4) is 0 Å². The van der Waals surface area contributed by atoms with Crippen LogP contribution in [0.4, 0.5) is 5.69 Å². The summed E-state index contributed by atoms with van der Waals surface area (Å²) in [5.74, 6) is 0.641. The van der Waals surface area contributed by atoms with Crippen LogP contribution in [0.5, 0.6) is 11.6 Å². The van der Waals surface area contributed by atoms with Gasteiger partial charge in [0, 0.05) is 55.2 Å². The van der Waals surface area contributed by atoms with Crippen molar-refractivity contribution in [2.24, 2.45) is 0 Å². The fourth-order valence-corrected chi connectivity index (χ4v) is 3.99. The Morgan fingerprint density at radius 1 is 1.00 bits per heavy atom. The van der Waals surface area contributed by atoms with Gasteiger partial charge in [-0.05, 0) is 48.5 Å². The molecule has 7 nitrogen and oxygen atoms in total. The number of carbonyl (C=O) groups excluding carboxylic acids is 1. The highest BCUT2D eigenvalue weighted by Crippen LogP contribution is 2.25. The van der Waals surface area contributed by atoms with Gasteiger partial charge in [0.1, 0.15) is 11.3 Å². The van der Waals surface area contributed by atoms with E-state index >= 15 is 0 Å². The number of fused-ring (bicyclic) bond motifs is 1. The zero-order chi connectivity index (χ0) is 22.5. The molecule has 1 aliphatic rings. The molecule has 1 fully saturated rings. The second kappa shape index (κ2) is 9.85. The lowest BCUT2D eigenvalue weighted by Gasteiger charge is -2.26. The van der Waals surface area contributed by atoms with Gasteiger partial charge in [0.2, 0.25) is 5.88 Å². The fraction of sp³-hybridized carbons (Fsp3) is 0.231. The number of rotatable bonds is 7. The van der Waals surface area contributed by atoms with Crippen molar-refractivity contribution < 1.29 is 14.3 Å². The number of para-hydroxylation sites is 1. The predicted octanol–water partition coefficient (Wildman–Crippen LogP) is 4.41. The van der Waals surface area contributed by atoms with E-state index in [1.165, 1.54) is 0 Å². The summed E-state index contributed by atoms with van der Waals surface area (Å²) in [6, 6.07) is 20.8. The van der Waals surface area contributed by atoms with E-state index in [0.29, 0.717) is 11.3 Å². The zero-order valence-electron chi connectivity index (χ0n) is 18.3. The zero-order valence-corrected chi connectivity index (χ0v) is 18.3. The number of pyridine rings is 1. The van der Waals surface area contributed by atoms with E-state index in [4.69, 9.17) is 9.47 Å². The summed E-state index contributed by atoms with van der Waals surface area (Å²) < 4.78 is 13.5. The third-order valence-corrected chi connectivity index (χ3v) is 5.76. The van der Waals surface area contributed by atoms with Crippen LogP contribution >= 0.6 is 0 Å². The number of morpholine rings is 1. The molecule has 0 spiro atoms. The lowest BCUT2D eigenvalue weighted by molar-refractivity contribution is 0.0365. The fourth-order valence-electron chi connectivity index (χ4n) is 3.99. The first kappa shape index (κ1) is 21.2. The molecule has 1 aliphatic heterocycles. The number of nitrogens with one attached hydrogen (secondary N) is 1. The van der Waals surface area contributed by atoms with Crippen molar-refractivity contribution in [3.63, 3.8) is 0 Å². The van der Waals surface area contributed by atoms with Crippen molar-refractivity contribution in [1.29, 1.82) is 0 Å². The summed E-state index contributed by atoms with van der Waals surface area (Å²) in [6.07, 6.45) is 3.71. The topological polar surface area (TPSA) is 68.6 Å². The average molecular weight is 443 g/mol. The minimum atomic E-state index is -0.264. The van der Waals surface area contributed by atoms with Gasteiger partial charge in [0.05, 0.1) is 13.2 Å². The number of nitrogens with zero attached hydrogens (tertiary/aromatic N) is 3. The first-order valence-electron chi connectivity index (χ1n) is 11.1. The van der Waals surface area contributed by atoms with Crippen molar-refractivity contribution in [3.8, 4) is 11.6 Å². The lowest BCUT2D eigenvalue weighted by atomic mass is 10.2. The Morgan fingerprint density at radius 3 is 2.70 bits per heavy atom. The molecule has 0 aliphatic carbocycles. The summed E-state index contributed by atoms with van der Waals surface area (Å²) in [6.45, 7) is 5.51. The first-order chi connectivity index (χ1) is 16.3. The SMILES string of the molecule is O=C(Nc1ccc2c(ccn2CCN2CCOCC2)c1)c1cccnc1Oc1ccccc1. The van der Waals surface area contributed by atoms with E-state index < -0.39 is 0 Å². The van der Waals surface area contributed by atoms with Crippen LogP contribution in [0.25, 0.3) is 10.9 Å². The van der Waals surface area contributed by atoms with Crippen LogP contribution < -0.4 is 10.1 Å². The maximum atomic E-state index is 13.0. The molecule has 3 heterocycles. The van der Waals surface area contributed by atoms with E-state index in [-0.39, 0.29) is 11.8 Å². The maximum Gasteiger partial charge on any atom is 0.261 e. The molecule has 0 saturated carbocycles. The van der Waals surface area contributed by atoms with Crippen molar-refractivity contribution >= 4 is 22.5 Å². The number of benzene rings is 2. The minimum Gasteiger partial charge on any atom is -0.438 e. The minimum absolute atomic E-state index is 0.264. The van der Waals surface area contributed by atoms with E-state index in [9.17, 15) is 4.79 Å². The Hall–Kier alpha value is -3.68. The second-order valence-corrected chi connectivity index (χ2v) is 7.96. The molecular weight excluding hydrogens is 416 g/mol. The smallest absolute Gasteiger partial charge is 0.261 e. The number of aromatic nitrogens is 2. The first-order valence-corrected chi connectivity index (χ1v) is 11.1. The van der Waals surface area contributed by atoms with Gasteiger partial charge in [-0.1, -0.05) is 18.2 Å². The van der Waals surface area contributed by atoms with Gasteiger partial charge in [-0.2, -0.15) is 0 Å². The van der Waals surface area contributed by atoms with Crippen LogP contribution in [-0.4, -0.2) is 53.2 Å². The average Bonchev–Trinajstić information content (AvgIpc) is 3.26. The number of amides is 1. The maximum absolute atomic E-state index is 13.0. The summed E-state index contributed by atoms with van der Waals surface area (Å²) in [4.78, 5) is 19.7. The van der Waals surface area contributed by atoms with Crippen molar-refractivity contribution in [3.05, 3.63) is 84.7 Å². The normalized spacial score (nSPS) is 14.3. The largest absolute Gasteiger partial charge is 0.438 e. The van der Waals surface area contributed by atoms with Gasteiger partial charge in [-0.3, -0.25) is 9.69 Å². The Kier molecular flexibility index (Phi) is 6.32. The number of hydrogen-bond donors (Lipinski definition) is 1. The van der Waals surface area contributed by atoms with Gasteiger partial charge in [0.25, 0.3) is 5.91 Å². The second-order valence-electron chi connectivity index (χ2n) is 7.96. The van der Waals surface area contributed by atoms with Gasteiger partial charge in [0.15, 0.2) is 0 Å². The molecule has 168 valence electrons. The summed E-state index contributed by atoms with van der Waals surface area (Å²) in [5.41, 5.74) is 2.26. The molecule has 1 saturated heterocycles. The third kappa shape index (κ3) is 5.05. The molecule has 0 unspecified atom stereocenters. The summed E-state index contributed by atoms with van der Waals surface area (Å²) >= 11 is 0. The molecule has 1 N–H and O–H groups in total. The molecule has 0 atom stereocenters. The van der Waals surface area contributed by atoms with Crippen LogP contribution in [-0.2, 0) is 11.3 Å². The van der Waals surface area contributed by atoms with Crippen LogP contribution in [0, 0.1) is 0 Å². The Balaban J connectivity index is 1.28. The van der Waals surface area contributed by atoms with E-state index in [0.717, 1.165) is 56.0 Å². The van der Waals surface area contributed by atoms with E-state index in [1.807, 2.05) is 42.5 Å². The summed E-state index contributed by atoms with van der Waals surface area (Å²) in [7, 11) is 0. The quantitative estimate of drug-likeness (QED) is 0.459. The third-order valence-electron chi connectivity index (χ3n) is 5.76. The lowest BCUT2D eigenvalue weighted by Crippen LogP contribution is -2.38. The van der Waals surface area contributed by atoms with Gasteiger partial charge in [-0.15, -0.1) is 0 Å². The van der Waals surface area contributed by atoms with Gasteiger partial charge >= 0.3 is 0 Å². The Bertz CT molecular complexity index is 1230. The summed E-state index contributed by atoms with van der Waals surface area (Å²) in [5, 5.41) is 4.06. The molecule has 33 heavy (non-hydrogen) atoms. The van der Waals surface area contributed by atoms with Gasteiger partial charge in [-0.25, -0.2) is 4.98 Å². The number of carbonyl (C=O) groups is 1. The van der Waals surface area contributed by atoms with Crippen molar-refractivity contribution in [2.45, 2.75) is 6.54 Å². The number of ether oxygens (including phenoxy) is 2. The number of anilines is 1. The molecule has 5 rings (SSSR count).